The molecule has 0 fully saturated rings. The zero-order valence-electron chi connectivity index (χ0n) is 12.8. The zero-order valence-corrected chi connectivity index (χ0v) is 14.4. The first-order valence-corrected chi connectivity index (χ1v) is 7.77. The Morgan fingerprint density at radius 2 is 1.91 bits per heavy atom. The van der Waals surface area contributed by atoms with Gasteiger partial charge in [0.2, 0.25) is 5.91 Å². The molecule has 0 aromatic heterocycles. The molecule has 5 nitrogen and oxygen atoms in total. The Kier molecular flexibility index (Phi) is 5.39. The van der Waals surface area contributed by atoms with E-state index in [0.29, 0.717) is 5.69 Å². The van der Waals surface area contributed by atoms with Gasteiger partial charge in [-0.05, 0) is 42.8 Å². The van der Waals surface area contributed by atoms with Crippen LogP contribution in [0.4, 0.5) is 5.69 Å². The van der Waals surface area contributed by atoms with Gasteiger partial charge in [-0.2, -0.15) is 0 Å². The van der Waals surface area contributed by atoms with E-state index < -0.39 is 5.91 Å². The van der Waals surface area contributed by atoms with Gasteiger partial charge in [0.05, 0.1) is 12.1 Å². The molecule has 0 saturated heterocycles. The van der Waals surface area contributed by atoms with Crippen molar-refractivity contribution in [3.05, 3.63) is 58.1 Å². The van der Waals surface area contributed by atoms with Crippen LogP contribution < -0.4 is 5.32 Å². The molecule has 2 aromatic rings. The molecular weight excluding hydrogens is 360 g/mol. The van der Waals surface area contributed by atoms with Gasteiger partial charge in [0.25, 0.3) is 5.91 Å². The summed E-state index contributed by atoms with van der Waals surface area (Å²) >= 11 is 3.37. The average Bonchev–Trinajstić information content (AvgIpc) is 2.50. The van der Waals surface area contributed by atoms with Crippen LogP contribution >= 0.6 is 15.9 Å². The number of anilines is 1. The lowest BCUT2D eigenvalue weighted by Crippen LogP contribution is -2.35. The Hall–Kier alpha value is -2.34. The van der Waals surface area contributed by atoms with Gasteiger partial charge in [-0.15, -0.1) is 0 Å². The molecule has 0 aliphatic heterocycles. The van der Waals surface area contributed by atoms with Crippen LogP contribution in [0.2, 0.25) is 0 Å². The maximum Gasteiger partial charge on any atom is 0.257 e. The number of nitrogens with zero attached hydrogens (tertiary/aromatic N) is 1. The quantitative estimate of drug-likeness (QED) is 0.860. The van der Waals surface area contributed by atoms with Crippen LogP contribution in [0.1, 0.15) is 15.9 Å². The van der Waals surface area contributed by atoms with Crippen molar-refractivity contribution in [1.29, 1.82) is 0 Å². The minimum atomic E-state index is -0.411. The number of benzene rings is 2. The summed E-state index contributed by atoms with van der Waals surface area (Å²) < 4.78 is 0.930. The van der Waals surface area contributed by atoms with Crippen LogP contribution in [0.3, 0.4) is 0 Å². The third-order valence-corrected chi connectivity index (χ3v) is 3.82. The van der Waals surface area contributed by atoms with E-state index >= 15 is 0 Å². The zero-order chi connectivity index (χ0) is 17.0. The van der Waals surface area contributed by atoms with Gasteiger partial charge in [-0.3, -0.25) is 9.59 Å². The van der Waals surface area contributed by atoms with E-state index in [1.54, 1.807) is 18.2 Å². The lowest BCUT2D eigenvalue weighted by molar-refractivity contribution is -0.116. The number of carbonyl (C=O) groups excluding carboxylic acids is 2. The van der Waals surface area contributed by atoms with Crippen molar-refractivity contribution < 1.29 is 14.7 Å². The smallest absolute Gasteiger partial charge is 0.257 e. The van der Waals surface area contributed by atoms with Crippen molar-refractivity contribution in [2.75, 3.05) is 18.9 Å². The van der Waals surface area contributed by atoms with Crippen molar-refractivity contribution in [2.24, 2.45) is 0 Å². The average molecular weight is 377 g/mol. The molecule has 120 valence electrons. The summed E-state index contributed by atoms with van der Waals surface area (Å²) in [7, 11) is 1.52. The standard InChI is InChI=1S/C17H17BrN2O3/c1-11-9-12(18)7-8-14(11)19-16(22)10-20(2)17(23)13-5-3-4-6-15(13)21/h3-9,21H,10H2,1-2H3,(H,19,22). The fourth-order valence-corrected chi connectivity index (χ4v) is 2.58. The molecule has 2 aromatic carbocycles. The van der Waals surface area contributed by atoms with Crippen molar-refractivity contribution in [1.82, 2.24) is 4.90 Å². The van der Waals surface area contributed by atoms with Gasteiger partial charge in [-0.1, -0.05) is 28.1 Å². The third kappa shape index (κ3) is 4.32. The first-order valence-electron chi connectivity index (χ1n) is 6.98. The first kappa shape index (κ1) is 17.0. The first-order chi connectivity index (χ1) is 10.9. The summed E-state index contributed by atoms with van der Waals surface area (Å²) in [5, 5.41) is 12.5. The molecule has 6 heteroatoms. The number of carbonyl (C=O) groups is 2. The molecule has 23 heavy (non-hydrogen) atoms. The molecule has 0 bridgehead atoms. The van der Waals surface area contributed by atoms with Gasteiger partial charge >= 0.3 is 0 Å². The molecule has 0 atom stereocenters. The van der Waals surface area contributed by atoms with Gasteiger partial charge in [0.1, 0.15) is 5.75 Å². The molecule has 0 unspecified atom stereocenters. The molecule has 0 saturated carbocycles. The molecular formula is C17H17BrN2O3. The summed E-state index contributed by atoms with van der Waals surface area (Å²) in [6.07, 6.45) is 0. The Balaban J connectivity index is 2.02. The number of rotatable bonds is 4. The number of nitrogens with one attached hydrogen (secondary N) is 1. The van der Waals surface area contributed by atoms with E-state index in [4.69, 9.17) is 0 Å². The molecule has 0 aliphatic rings. The Bertz CT molecular complexity index is 746. The lowest BCUT2D eigenvalue weighted by Gasteiger charge is -2.18. The van der Waals surface area contributed by atoms with Crippen molar-refractivity contribution in [3.63, 3.8) is 0 Å². The Morgan fingerprint density at radius 3 is 2.57 bits per heavy atom. The monoisotopic (exact) mass is 376 g/mol. The molecule has 0 heterocycles. The van der Waals surface area contributed by atoms with Crippen molar-refractivity contribution in [2.45, 2.75) is 6.92 Å². The number of hydrogen-bond donors (Lipinski definition) is 2. The number of phenolic OH excluding ortho intramolecular Hbond substituents is 1. The van der Waals surface area contributed by atoms with Crippen LogP contribution in [0, 0.1) is 6.92 Å². The highest BCUT2D eigenvalue weighted by molar-refractivity contribution is 9.10. The predicted octanol–water partition coefficient (Wildman–Crippen LogP) is 3.17. The van der Waals surface area contributed by atoms with E-state index in [-0.39, 0.29) is 23.8 Å². The SMILES string of the molecule is Cc1cc(Br)ccc1NC(=O)CN(C)C(=O)c1ccccc1O. The normalized spacial score (nSPS) is 10.2. The number of likely N-dealkylation sites (N-methyl/N-ethyl adjacent to an activating group) is 1. The van der Waals surface area contributed by atoms with E-state index in [0.717, 1.165) is 10.0 Å². The summed E-state index contributed by atoms with van der Waals surface area (Å²) in [5.74, 6) is -0.819. The summed E-state index contributed by atoms with van der Waals surface area (Å²) in [6.45, 7) is 1.78. The topological polar surface area (TPSA) is 69.6 Å². The van der Waals surface area contributed by atoms with Crippen LogP contribution in [-0.4, -0.2) is 35.4 Å². The summed E-state index contributed by atoms with van der Waals surface area (Å²) in [6, 6.07) is 11.8. The maximum absolute atomic E-state index is 12.2. The number of hydrogen-bond acceptors (Lipinski definition) is 3. The maximum atomic E-state index is 12.2. The number of aromatic hydroxyl groups is 1. The van der Waals surface area contributed by atoms with Crippen LogP contribution in [-0.2, 0) is 4.79 Å². The van der Waals surface area contributed by atoms with Crippen LogP contribution in [0.5, 0.6) is 5.75 Å². The van der Waals surface area contributed by atoms with E-state index in [9.17, 15) is 14.7 Å². The van der Waals surface area contributed by atoms with Gasteiger partial charge < -0.3 is 15.3 Å². The third-order valence-electron chi connectivity index (χ3n) is 3.32. The fraction of sp³-hybridized carbons (Fsp3) is 0.176. The molecule has 0 spiro atoms. The second-order valence-electron chi connectivity index (χ2n) is 5.19. The number of amides is 2. The number of phenols is 1. The summed E-state index contributed by atoms with van der Waals surface area (Å²) in [4.78, 5) is 25.6. The second-order valence-corrected chi connectivity index (χ2v) is 6.10. The minimum Gasteiger partial charge on any atom is -0.507 e. The molecule has 2 amide bonds. The van der Waals surface area contributed by atoms with Crippen LogP contribution in [0.15, 0.2) is 46.9 Å². The van der Waals surface area contributed by atoms with Crippen LogP contribution in [0.25, 0.3) is 0 Å². The molecule has 0 radical (unpaired) electrons. The lowest BCUT2D eigenvalue weighted by atomic mass is 10.2. The number of halogens is 1. The van der Waals surface area contributed by atoms with Crippen molar-refractivity contribution in [3.8, 4) is 5.75 Å². The van der Waals surface area contributed by atoms with Gasteiger partial charge in [0.15, 0.2) is 0 Å². The highest BCUT2D eigenvalue weighted by atomic mass is 79.9. The van der Waals surface area contributed by atoms with Gasteiger partial charge in [0, 0.05) is 17.2 Å². The number of para-hydroxylation sites is 1. The fourth-order valence-electron chi connectivity index (χ4n) is 2.10. The summed E-state index contributed by atoms with van der Waals surface area (Å²) in [5.41, 5.74) is 1.78. The molecule has 0 aliphatic carbocycles. The van der Waals surface area contributed by atoms with E-state index in [1.165, 1.54) is 24.1 Å². The number of aryl methyl sites for hydroxylation is 1. The predicted molar refractivity (Wildman–Crippen MR) is 92.6 cm³/mol. The van der Waals surface area contributed by atoms with Crippen molar-refractivity contribution >= 4 is 33.4 Å². The Morgan fingerprint density at radius 1 is 1.22 bits per heavy atom. The highest BCUT2D eigenvalue weighted by Crippen LogP contribution is 2.20. The largest absolute Gasteiger partial charge is 0.507 e. The molecule has 2 N–H and O–H groups in total. The van der Waals surface area contributed by atoms with Gasteiger partial charge in [-0.25, -0.2) is 0 Å². The Labute approximate surface area is 143 Å². The minimum absolute atomic E-state index is 0.103. The highest BCUT2D eigenvalue weighted by Gasteiger charge is 2.18. The van der Waals surface area contributed by atoms with E-state index in [2.05, 4.69) is 21.2 Å². The molecule has 2 rings (SSSR count). The second kappa shape index (κ2) is 7.28. The van der Waals surface area contributed by atoms with E-state index in [1.807, 2.05) is 19.1 Å².